The van der Waals surface area contributed by atoms with Crippen molar-refractivity contribution in [3.8, 4) is 0 Å². The number of carbonyl (C=O) groups excluding carboxylic acids is 2. The van der Waals surface area contributed by atoms with Crippen molar-refractivity contribution in [1.82, 2.24) is 0 Å². The second-order valence-electron chi connectivity index (χ2n) is 3.47. The Balaban J connectivity index is 2.92. The maximum absolute atomic E-state index is 11.1. The highest BCUT2D eigenvalue weighted by atomic mass is 16.7. The molecule has 1 fully saturated rings. The Labute approximate surface area is 70.5 Å². The minimum absolute atomic E-state index is 0.0463. The van der Waals surface area contributed by atoms with E-state index in [1.54, 1.807) is 0 Å². The third kappa shape index (κ3) is 1.28. The van der Waals surface area contributed by atoms with Crippen molar-refractivity contribution < 1.29 is 19.4 Å². The molecule has 1 aliphatic rings. The molecule has 0 aliphatic carbocycles. The van der Waals surface area contributed by atoms with Gasteiger partial charge in [-0.1, -0.05) is 0 Å². The summed E-state index contributed by atoms with van der Waals surface area (Å²) in [6.45, 7) is 4.10. The first-order valence-corrected chi connectivity index (χ1v) is 3.75. The lowest BCUT2D eigenvalue weighted by atomic mass is 9.97. The molecule has 1 N–H and O–H groups in total. The molecule has 68 valence electrons. The van der Waals surface area contributed by atoms with Gasteiger partial charge in [0.05, 0.1) is 0 Å². The first kappa shape index (κ1) is 9.35. The molecule has 0 unspecified atom stereocenters. The van der Waals surface area contributed by atoms with E-state index in [0.717, 1.165) is 0 Å². The largest absolute Gasteiger partial charge is 0.360 e. The molecule has 0 aromatic carbocycles. The minimum Gasteiger partial charge on any atom is -0.360 e. The van der Waals surface area contributed by atoms with Crippen molar-refractivity contribution in [2.75, 3.05) is 0 Å². The van der Waals surface area contributed by atoms with Crippen molar-refractivity contribution in [2.24, 2.45) is 0 Å². The topological polar surface area (TPSA) is 63.6 Å². The summed E-state index contributed by atoms with van der Waals surface area (Å²) in [5, 5.41) is 9.32. The van der Waals surface area contributed by atoms with Gasteiger partial charge in [-0.05, 0) is 20.8 Å². The number of aliphatic hydroxyl groups is 1. The molecule has 4 nitrogen and oxygen atoms in total. The van der Waals surface area contributed by atoms with Gasteiger partial charge in [0, 0.05) is 6.42 Å². The number of rotatable bonds is 1. The van der Waals surface area contributed by atoms with Crippen molar-refractivity contribution in [3.05, 3.63) is 0 Å². The first-order chi connectivity index (χ1) is 5.28. The number of hydrogen-bond acceptors (Lipinski definition) is 4. The zero-order chi connectivity index (χ0) is 9.57. The molecule has 0 amide bonds. The Morgan fingerprint density at radius 2 is 2.08 bits per heavy atom. The third-order valence-electron chi connectivity index (χ3n) is 2.18. The Hall–Kier alpha value is -0.740. The number of ether oxygens (including phenoxy) is 1. The normalized spacial score (nSPS) is 41.8. The molecular weight excluding hydrogens is 160 g/mol. The van der Waals surface area contributed by atoms with Crippen molar-refractivity contribution in [1.29, 1.82) is 0 Å². The van der Waals surface area contributed by atoms with Gasteiger partial charge in [-0.25, -0.2) is 0 Å². The first-order valence-electron chi connectivity index (χ1n) is 3.75. The van der Waals surface area contributed by atoms with E-state index < -0.39 is 17.2 Å². The van der Waals surface area contributed by atoms with Gasteiger partial charge in [-0.15, -0.1) is 0 Å². The zero-order valence-electron chi connectivity index (χ0n) is 7.38. The summed E-state index contributed by atoms with van der Waals surface area (Å²) in [6, 6.07) is 0. The van der Waals surface area contributed by atoms with Crippen LogP contribution in [0.2, 0.25) is 0 Å². The van der Waals surface area contributed by atoms with Gasteiger partial charge >= 0.3 is 0 Å². The van der Waals surface area contributed by atoms with E-state index in [1.807, 2.05) is 0 Å². The molecule has 12 heavy (non-hydrogen) atoms. The van der Waals surface area contributed by atoms with Crippen molar-refractivity contribution in [3.63, 3.8) is 0 Å². The summed E-state index contributed by atoms with van der Waals surface area (Å²) in [7, 11) is 0. The van der Waals surface area contributed by atoms with Crippen LogP contribution >= 0.6 is 0 Å². The van der Waals surface area contributed by atoms with Gasteiger partial charge in [0.1, 0.15) is 5.60 Å². The summed E-state index contributed by atoms with van der Waals surface area (Å²) in [6.07, 6.45) is -0.0463. The van der Waals surface area contributed by atoms with Crippen LogP contribution in [0.25, 0.3) is 0 Å². The Morgan fingerprint density at radius 3 is 2.25 bits per heavy atom. The van der Waals surface area contributed by atoms with Crippen LogP contribution in [0.3, 0.4) is 0 Å². The van der Waals surface area contributed by atoms with Gasteiger partial charge in [-0.3, -0.25) is 9.59 Å². The van der Waals surface area contributed by atoms with Crippen LogP contribution in [-0.2, 0) is 14.3 Å². The van der Waals surface area contributed by atoms with Crippen LogP contribution in [0.1, 0.15) is 27.2 Å². The van der Waals surface area contributed by atoms with Crippen LogP contribution in [0, 0.1) is 0 Å². The molecule has 0 saturated carbocycles. The summed E-state index contributed by atoms with van der Waals surface area (Å²) in [5.41, 5.74) is -1.14. The molecule has 1 rings (SSSR count). The second-order valence-corrected chi connectivity index (χ2v) is 3.47. The van der Waals surface area contributed by atoms with Gasteiger partial charge < -0.3 is 9.84 Å². The van der Waals surface area contributed by atoms with Crippen LogP contribution < -0.4 is 0 Å². The quantitative estimate of drug-likeness (QED) is 0.606. The highest BCUT2D eigenvalue weighted by molar-refractivity contribution is 5.97. The van der Waals surface area contributed by atoms with E-state index >= 15 is 0 Å². The van der Waals surface area contributed by atoms with E-state index in [2.05, 4.69) is 0 Å². The highest BCUT2D eigenvalue weighted by Crippen LogP contribution is 2.33. The van der Waals surface area contributed by atoms with Gasteiger partial charge in [0.25, 0.3) is 0 Å². The number of ketones is 2. The molecule has 4 heteroatoms. The fraction of sp³-hybridized carbons (Fsp3) is 0.750. The second kappa shape index (κ2) is 2.37. The maximum atomic E-state index is 11.1. The summed E-state index contributed by atoms with van der Waals surface area (Å²) in [4.78, 5) is 22.1. The van der Waals surface area contributed by atoms with Crippen LogP contribution in [0.15, 0.2) is 0 Å². The molecule has 1 aliphatic heterocycles. The number of hydrogen-bond donors (Lipinski definition) is 1. The highest BCUT2D eigenvalue weighted by Gasteiger charge is 2.52. The van der Waals surface area contributed by atoms with Crippen LogP contribution in [0.4, 0.5) is 0 Å². The van der Waals surface area contributed by atoms with E-state index in [0.29, 0.717) is 0 Å². The van der Waals surface area contributed by atoms with Crippen LogP contribution in [-0.4, -0.2) is 28.1 Å². The summed E-state index contributed by atoms with van der Waals surface area (Å²) < 4.78 is 4.97. The molecule has 0 aromatic heterocycles. The molecule has 1 heterocycles. The fourth-order valence-electron chi connectivity index (χ4n) is 1.20. The van der Waals surface area contributed by atoms with E-state index in [4.69, 9.17) is 4.74 Å². The average molecular weight is 172 g/mol. The molecule has 0 radical (unpaired) electrons. The molecule has 0 bridgehead atoms. The minimum atomic E-state index is -1.79. The van der Waals surface area contributed by atoms with E-state index in [-0.39, 0.29) is 12.2 Å². The molecule has 1 saturated heterocycles. The van der Waals surface area contributed by atoms with Crippen molar-refractivity contribution >= 4 is 11.6 Å². The Morgan fingerprint density at radius 1 is 1.58 bits per heavy atom. The monoisotopic (exact) mass is 172 g/mol. The summed E-state index contributed by atoms with van der Waals surface area (Å²) >= 11 is 0. The van der Waals surface area contributed by atoms with Crippen molar-refractivity contribution in [2.45, 2.75) is 38.6 Å². The third-order valence-corrected chi connectivity index (χ3v) is 2.18. The lowest BCUT2D eigenvalue weighted by Crippen LogP contribution is -2.37. The summed E-state index contributed by atoms with van der Waals surface area (Å²) in [5.74, 6) is -2.48. The average Bonchev–Trinajstić information content (AvgIpc) is 2.03. The number of carbonyl (C=O) groups is 2. The van der Waals surface area contributed by atoms with Gasteiger partial charge in [-0.2, -0.15) is 0 Å². The molecule has 0 aromatic rings. The van der Waals surface area contributed by atoms with Gasteiger partial charge in [0.2, 0.25) is 5.79 Å². The van der Waals surface area contributed by atoms with E-state index in [1.165, 1.54) is 20.8 Å². The molecule has 2 atom stereocenters. The molecular formula is C8H12O4. The standard InChI is InChI=1S/C8H12O4/c1-5(9)7(2)4-6(10)8(3,11)12-7/h11H,4H2,1-3H3/t7-,8+/m0/s1. The fourth-order valence-corrected chi connectivity index (χ4v) is 1.20. The Kier molecular flexibility index (Phi) is 1.85. The predicted octanol–water partition coefficient (Wildman–Crippen LogP) is 0.0320. The van der Waals surface area contributed by atoms with E-state index in [9.17, 15) is 14.7 Å². The SMILES string of the molecule is CC(=O)[C@]1(C)CC(=O)[C@](C)(O)O1. The number of Topliss-reactive ketones (excluding diaryl/α,β-unsaturated/α-hetero) is 2. The Bertz CT molecular complexity index is 243. The smallest absolute Gasteiger partial charge is 0.224 e. The lowest BCUT2D eigenvalue weighted by molar-refractivity contribution is -0.205. The maximum Gasteiger partial charge on any atom is 0.224 e. The lowest BCUT2D eigenvalue weighted by Gasteiger charge is -2.22. The predicted molar refractivity (Wildman–Crippen MR) is 40.4 cm³/mol. The molecule has 0 spiro atoms. The zero-order valence-corrected chi connectivity index (χ0v) is 7.38. The van der Waals surface area contributed by atoms with Gasteiger partial charge in [0.15, 0.2) is 11.6 Å². The van der Waals surface area contributed by atoms with Crippen LogP contribution in [0.5, 0.6) is 0 Å².